The van der Waals surface area contributed by atoms with Gasteiger partial charge in [-0.05, 0) is 42.5 Å². The Labute approximate surface area is 149 Å². The van der Waals surface area contributed by atoms with Crippen molar-refractivity contribution in [2.75, 3.05) is 7.11 Å². The molecule has 1 aromatic carbocycles. The molecule has 4 rings (SSSR count). The van der Waals surface area contributed by atoms with Crippen LogP contribution >= 0.6 is 0 Å². The summed E-state index contributed by atoms with van der Waals surface area (Å²) < 4.78 is 10.2. The van der Waals surface area contributed by atoms with E-state index in [0.717, 1.165) is 29.4 Å². The van der Waals surface area contributed by atoms with E-state index < -0.39 is 5.92 Å². The highest BCUT2D eigenvalue weighted by Crippen LogP contribution is 2.36. The maximum atomic E-state index is 12.1. The number of ether oxygens (including phenoxy) is 1. The second-order valence-corrected chi connectivity index (χ2v) is 6.64. The van der Waals surface area contributed by atoms with Gasteiger partial charge in [-0.2, -0.15) is 0 Å². The molecule has 2 unspecified atom stereocenters. The monoisotopic (exact) mass is 354 g/mol. The van der Waals surface area contributed by atoms with Gasteiger partial charge in [0.25, 0.3) is 0 Å². The van der Waals surface area contributed by atoms with Gasteiger partial charge in [-0.1, -0.05) is 17.3 Å². The normalized spacial score (nSPS) is 23.0. The van der Waals surface area contributed by atoms with Gasteiger partial charge in [-0.15, -0.1) is 0 Å². The van der Waals surface area contributed by atoms with Gasteiger partial charge in [-0.25, -0.2) is 0 Å². The molecule has 1 N–H and O–H groups in total. The van der Waals surface area contributed by atoms with E-state index in [1.54, 1.807) is 0 Å². The first-order chi connectivity index (χ1) is 12.6. The molecule has 7 heteroatoms. The number of nitrogens with one attached hydrogen (secondary N) is 1. The third kappa shape index (κ3) is 2.79. The predicted octanol–water partition coefficient (Wildman–Crippen LogP) is 2.31. The average Bonchev–Trinajstić information content (AvgIpc) is 3.28. The summed E-state index contributed by atoms with van der Waals surface area (Å²) >= 11 is 0. The smallest absolute Gasteiger partial charge is 0.312 e. The summed E-state index contributed by atoms with van der Waals surface area (Å²) in [5.74, 6) is -1.50. The zero-order valence-corrected chi connectivity index (χ0v) is 14.3. The van der Waals surface area contributed by atoms with Crippen molar-refractivity contribution in [2.24, 2.45) is 5.92 Å². The number of imide groups is 1. The fourth-order valence-corrected chi connectivity index (χ4v) is 3.66. The largest absolute Gasteiger partial charge is 0.469 e. The number of carbonyl (C=O) groups is 3. The molecule has 0 bridgehead atoms. The van der Waals surface area contributed by atoms with Crippen molar-refractivity contribution in [1.29, 1.82) is 0 Å². The van der Waals surface area contributed by atoms with Crippen LogP contribution in [0.4, 0.5) is 0 Å². The van der Waals surface area contributed by atoms with E-state index in [2.05, 4.69) is 10.5 Å². The van der Waals surface area contributed by atoms with Crippen LogP contribution in [-0.2, 0) is 19.1 Å². The van der Waals surface area contributed by atoms with Crippen molar-refractivity contribution >= 4 is 34.3 Å². The molecule has 1 aliphatic heterocycles. The Hall–Kier alpha value is -2.96. The second-order valence-electron chi connectivity index (χ2n) is 6.64. The van der Waals surface area contributed by atoms with Crippen molar-refractivity contribution in [2.45, 2.75) is 31.6 Å². The van der Waals surface area contributed by atoms with E-state index in [1.165, 1.54) is 7.11 Å². The number of fused-ring (bicyclic) bond motifs is 1. The molecule has 26 heavy (non-hydrogen) atoms. The number of methoxy groups -OCH3 is 1. The molecular weight excluding hydrogens is 336 g/mol. The van der Waals surface area contributed by atoms with Crippen LogP contribution in [0.25, 0.3) is 16.5 Å². The Morgan fingerprint density at radius 2 is 2.12 bits per heavy atom. The highest BCUT2D eigenvalue weighted by molar-refractivity contribution is 6.02. The molecule has 2 atom stereocenters. The van der Waals surface area contributed by atoms with Crippen LogP contribution in [0.15, 0.2) is 28.8 Å². The van der Waals surface area contributed by atoms with Gasteiger partial charge in [0, 0.05) is 11.8 Å². The van der Waals surface area contributed by atoms with Gasteiger partial charge in [0.2, 0.25) is 11.8 Å². The highest BCUT2D eigenvalue weighted by atomic mass is 16.5. The molecule has 1 saturated heterocycles. The number of allylic oxidation sites excluding steroid dienone is 1. The second kappa shape index (κ2) is 6.40. The Bertz CT molecular complexity index is 943. The van der Waals surface area contributed by atoms with Crippen LogP contribution in [0.3, 0.4) is 0 Å². The molecule has 2 amide bonds. The minimum Gasteiger partial charge on any atom is -0.469 e. The first kappa shape index (κ1) is 16.5. The number of aromatic nitrogens is 1. The third-order valence-electron chi connectivity index (χ3n) is 5.07. The number of hydrogen-bond acceptors (Lipinski definition) is 6. The lowest BCUT2D eigenvalue weighted by Gasteiger charge is -2.18. The SMILES string of the molecule is COC(=O)C1C=C(c2ccc3c(C4CCC(=O)NC4=O)noc3c2)CC1. The maximum absolute atomic E-state index is 12.1. The van der Waals surface area contributed by atoms with E-state index in [0.29, 0.717) is 24.1 Å². The van der Waals surface area contributed by atoms with Gasteiger partial charge in [-0.3, -0.25) is 19.7 Å². The molecule has 7 nitrogen and oxygen atoms in total. The van der Waals surface area contributed by atoms with E-state index in [9.17, 15) is 14.4 Å². The summed E-state index contributed by atoms with van der Waals surface area (Å²) in [6.45, 7) is 0. The summed E-state index contributed by atoms with van der Waals surface area (Å²) in [5.41, 5.74) is 3.19. The van der Waals surface area contributed by atoms with Crippen LogP contribution in [0.5, 0.6) is 0 Å². The van der Waals surface area contributed by atoms with Crippen molar-refractivity contribution in [3.8, 4) is 0 Å². The lowest BCUT2D eigenvalue weighted by Crippen LogP contribution is -2.39. The Morgan fingerprint density at radius 3 is 2.88 bits per heavy atom. The van der Waals surface area contributed by atoms with Gasteiger partial charge in [0.1, 0.15) is 5.69 Å². The summed E-state index contributed by atoms with van der Waals surface area (Å²) in [6.07, 6.45) is 4.19. The number of esters is 1. The Kier molecular flexibility index (Phi) is 4.06. The van der Waals surface area contributed by atoms with Gasteiger partial charge in [0.15, 0.2) is 5.58 Å². The fourth-order valence-electron chi connectivity index (χ4n) is 3.66. The Balaban J connectivity index is 1.63. The summed E-state index contributed by atoms with van der Waals surface area (Å²) in [4.78, 5) is 35.1. The minimum absolute atomic E-state index is 0.209. The van der Waals surface area contributed by atoms with Gasteiger partial charge < -0.3 is 9.26 Å². The number of rotatable bonds is 3. The molecule has 2 aromatic rings. The van der Waals surface area contributed by atoms with Crippen LogP contribution in [0.2, 0.25) is 0 Å². The third-order valence-corrected chi connectivity index (χ3v) is 5.07. The van der Waals surface area contributed by atoms with Crippen LogP contribution < -0.4 is 5.32 Å². The molecular formula is C19H18N2O5. The molecule has 2 heterocycles. The molecule has 0 radical (unpaired) electrons. The molecule has 0 saturated carbocycles. The van der Waals surface area contributed by atoms with Gasteiger partial charge >= 0.3 is 5.97 Å². The van der Waals surface area contributed by atoms with Crippen molar-refractivity contribution in [1.82, 2.24) is 10.5 Å². The van der Waals surface area contributed by atoms with E-state index in [-0.39, 0.29) is 23.7 Å². The van der Waals surface area contributed by atoms with Crippen LogP contribution in [0.1, 0.15) is 42.9 Å². The average molecular weight is 354 g/mol. The zero-order valence-electron chi connectivity index (χ0n) is 14.3. The Morgan fingerprint density at radius 1 is 1.27 bits per heavy atom. The first-order valence-electron chi connectivity index (χ1n) is 8.58. The molecule has 1 aromatic heterocycles. The number of hydrogen-bond donors (Lipinski definition) is 1. The number of carbonyl (C=O) groups excluding carboxylic acids is 3. The van der Waals surface area contributed by atoms with Crippen LogP contribution in [-0.4, -0.2) is 30.1 Å². The predicted molar refractivity (Wildman–Crippen MR) is 91.9 cm³/mol. The highest BCUT2D eigenvalue weighted by Gasteiger charge is 2.32. The molecule has 0 spiro atoms. The number of nitrogens with zero attached hydrogens (tertiary/aromatic N) is 1. The molecule has 134 valence electrons. The number of piperidine rings is 1. The summed E-state index contributed by atoms with van der Waals surface area (Å²) in [6, 6.07) is 5.70. The standard InChI is InChI=1S/C19H18N2O5/c1-25-19(24)12-3-2-10(8-12)11-4-5-13-15(9-11)26-21-17(13)14-6-7-16(22)20-18(14)23/h4-5,8-9,12,14H,2-3,6-7H2,1H3,(H,20,22,23). The fraction of sp³-hybridized carbons (Fsp3) is 0.368. The van der Waals surface area contributed by atoms with E-state index in [1.807, 2.05) is 24.3 Å². The quantitative estimate of drug-likeness (QED) is 0.671. The van der Waals surface area contributed by atoms with Gasteiger partial charge in [0.05, 0.1) is 18.9 Å². The first-order valence-corrected chi connectivity index (χ1v) is 8.58. The van der Waals surface area contributed by atoms with Crippen LogP contribution in [0, 0.1) is 5.92 Å². The summed E-state index contributed by atoms with van der Waals surface area (Å²) in [7, 11) is 1.39. The van der Waals surface area contributed by atoms with E-state index in [4.69, 9.17) is 9.26 Å². The van der Waals surface area contributed by atoms with Crippen molar-refractivity contribution in [3.63, 3.8) is 0 Å². The van der Waals surface area contributed by atoms with Crippen molar-refractivity contribution in [3.05, 3.63) is 35.5 Å². The molecule has 1 aliphatic carbocycles. The molecule has 2 aliphatic rings. The number of amides is 2. The molecule has 1 fully saturated rings. The van der Waals surface area contributed by atoms with E-state index >= 15 is 0 Å². The lowest BCUT2D eigenvalue weighted by molar-refractivity contribution is -0.143. The number of benzene rings is 1. The minimum atomic E-state index is -0.478. The zero-order chi connectivity index (χ0) is 18.3. The topological polar surface area (TPSA) is 98.5 Å². The maximum Gasteiger partial charge on any atom is 0.312 e. The van der Waals surface area contributed by atoms with Crippen molar-refractivity contribution < 1.29 is 23.6 Å². The summed E-state index contributed by atoms with van der Waals surface area (Å²) in [5, 5.41) is 7.19. The lowest BCUT2D eigenvalue weighted by atomic mass is 9.92.